The van der Waals surface area contributed by atoms with Gasteiger partial charge in [0.1, 0.15) is 0 Å². The molecule has 0 aromatic heterocycles. The predicted molar refractivity (Wildman–Crippen MR) is 77.5 cm³/mol. The number of likely N-dealkylation sites (N-methyl/N-ethyl adjacent to an activating group) is 1. The second kappa shape index (κ2) is 6.53. The molecule has 2 N–H and O–H groups in total. The van der Waals surface area contributed by atoms with Crippen molar-refractivity contribution in [3.8, 4) is 0 Å². The van der Waals surface area contributed by atoms with Crippen LogP contribution in [0.5, 0.6) is 0 Å². The molecule has 2 atom stereocenters. The molecule has 19 heavy (non-hydrogen) atoms. The van der Waals surface area contributed by atoms with Crippen LogP contribution in [0.15, 0.2) is 11.8 Å². The number of allylic oxidation sites excluding steroid dienone is 2. The Morgan fingerprint density at radius 2 is 2.42 bits per heavy atom. The van der Waals surface area contributed by atoms with Gasteiger partial charge in [0.25, 0.3) is 0 Å². The molecule has 1 aliphatic carbocycles. The van der Waals surface area contributed by atoms with Crippen LogP contribution < -0.4 is 5.73 Å². The van der Waals surface area contributed by atoms with E-state index in [1.54, 1.807) is 0 Å². The number of rotatable bonds is 5. The lowest BCUT2D eigenvalue weighted by atomic mass is 10.0. The molecular formula is C15H27N3O. The van der Waals surface area contributed by atoms with E-state index >= 15 is 0 Å². The molecule has 1 aliphatic heterocycles. The minimum absolute atomic E-state index is 0.236. The normalized spacial score (nSPS) is 25.4. The SMILES string of the molecule is CCN(C(=O)CN1CCC(C(C)N)C1)C1=CCCC1. The van der Waals surface area contributed by atoms with Gasteiger partial charge in [0.2, 0.25) is 5.91 Å². The average molecular weight is 265 g/mol. The monoisotopic (exact) mass is 265 g/mol. The quantitative estimate of drug-likeness (QED) is 0.821. The number of amides is 1. The Morgan fingerprint density at radius 1 is 1.63 bits per heavy atom. The van der Waals surface area contributed by atoms with E-state index in [1.165, 1.54) is 12.1 Å². The number of hydrogen-bond acceptors (Lipinski definition) is 3. The van der Waals surface area contributed by atoms with Crippen molar-refractivity contribution in [1.29, 1.82) is 0 Å². The summed E-state index contributed by atoms with van der Waals surface area (Å²) in [5.41, 5.74) is 7.18. The number of hydrogen-bond donors (Lipinski definition) is 1. The zero-order valence-electron chi connectivity index (χ0n) is 12.3. The highest BCUT2D eigenvalue weighted by atomic mass is 16.2. The van der Waals surface area contributed by atoms with Gasteiger partial charge >= 0.3 is 0 Å². The number of likely N-dealkylation sites (tertiary alicyclic amines) is 1. The first-order valence-electron chi connectivity index (χ1n) is 7.59. The maximum Gasteiger partial charge on any atom is 0.240 e. The molecule has 0 saturated carbocycles. The Kier molecular flexibility index (Phi) is 4.99. The number of nitrogens with two attached hydrogens (primary N) is 1. The Bertz CT molecular complexity index is 351. The van der Waals surface area contributed by atoms with Crippen molar-refractivity contribution < 1.29 is 4.79 Å². The lowest BCUT2D eigenvalue weighted by Crippen LogP contribution is -2.39. The van der Waals surface area contributed by atoms with Gasteiger partial charge in [0.15, 0.2) is 0 Å². The van der Waals surface area contributed by atoms with E-state index < -0.39 is 0 Å². The minimum atomic E-state index is 0.236. The average Bonchev–Trinajstić information content (AvgIpc) is 3.01. The largest absolute Gasteiger partial charge is 0.328 e. The minimum Gasteiger partial charge on any atom is -0.328 e. The summed E-state index contributed by atoms with van der Waals surface area (Å²) >= 11 is 0. The van der Waals surface area contributed by atoms with Gasteiger partial charge in [0, 0.05) is 24.8 Å². The number of nitrogens with zero attached hydrogens (tertiary/aromatic N) is 2. The Hall–Kier alpha value is -0.870. The van der Waals surface area contributed by atoms with Crippen LogP contribution >= 0.6 is 0 Å². The molecule has 1 saturated heterocycles. The molecule has 0 radical (unpaired) electrons. The van der Waals surface area contributed by atoms with E-state index in [0.29, 0.717) is 12.5 Å². The Balaban J connectivity index is 1.86. The van der Waals surface area contributed by atoms with Crippen LogP contribution in [-0.4, -0.2) is 47.9 Å². The molecule has 1 heterocycles. The fourth-order valence-corrected chi connectivity index (χ4v) is 3.15. The maximum absolute atomic E-state index is 12.4. The van der Waals surface area contributed by atoms with Gasteiger partial charge in [-0.1, -0.05) is 6.08 Å². The van der Waals surface area contributed by atoms with E-state index in [1.807, 2.05) is 4.90 Å². The molecule has 4 nitrogen and oxygen atoms in total. The zero-order valence-corrected chi connectivity index (χ0v) is 12.3. The van der Waals surface area contributed by atoms with Gasteiger partial charge in [-0.3, -0.25) is 9.69 Å². The van der Waals surface area contributed by atoms with Crippen LogP contribution in [0, 0.1) is 5.92 Å². The van der Waals surface area contributed by atoms with E-state index in [2.05, 4.69) is 24.8 Å². The van der Waals surface area contributed by atoms with E-state index in [0.717, 1.165) is 38.9 Å². The van der Waals surface area contributed by atoms with Crippen LogP contribution in [0.25, 0.3) is 0 Å². The lowest BCUT2D eigenvalue weighted by Gasteiger charge is -2.25. The van der Waals surface area contributed by atoms with E-state index in [4.69, 9.17) is 5.73 Å². The topological polar surface area (TPSA) is 49.6 Å². The second-order valence-electron chi connectivity index (χ2n) is 5.87. The molecule has 1 fully saturated rings. The molecule has 0 spiro atoms. The first-order valence-corrected chi connectivity index (χ1v) is 7.59. The molecule has 0 aromatic carbocycles. The van der Waals surface area contributed by atoms with Gasteiger partial charge in [-0.15, -0.1) is 0 Å². The predicted octanol–water partition coefficient (Wildman–Crippen LogP) is 1.57. The van der Waals surface area contributed by atoms with Crippen molar-refractivity contribution in [3.63, 3.8) is 0 Å². The van der Waals surface area contributed by atoms with Gasteiger partial charge in [-0.05, 0) is 52.0 Å². The Morgan fingerprint density at radius 3 is 2.95 bits per heavy atom. The Labute approximate surface area is 116 Å². The highest BCUT2D eigenvalue weighted by Crippen LogP contribution is 2.23. The van der Waals surface area contributed by atoms with Crippen LogP contribution in [0.2, 0.25) is 0 Å². The fraction of sp³-hybridized carbons (Fsp3) is 0.800. The summed E-state index contributed by atoms with van der Waals surface area (Å²) in [6.45, 7) is 7.45. The summed E-state index contributed by atoms with van der Waals surface area (Å²) in [4.78, 5) is 16.6. The van der Waals surface area contributed by atoms with Crippen LogP contribution in [-0.2, 0) is 4.79 Å². The molecular weight excluding hydrogens is 238 g/mol. The summed E-state index contributed by atoms with van der Waals surface area (Å²) in [6.07, 6.45) is 6.71. The smallest absolute Gasteiger partial charge is 0.240 e. The van der Waals surface area contributed by atoms with E-state index in [9.17, 15) is 4.79 Å². The summed E-state index contributed by atoms with van der Waals surface area (Å²) in [7, 11) is 0. The first-order chi connectivity index (χ1) is 9.11. The van der Waals surface area contributed by atoms with Crippen molar-refractivity contribution in [2.45, 2.75) is 45.6 Å². The van der Waals surface area contributed by atoms with Crippen LogP contribution in [0.1, 0.15) is 39.5 Å². The molecule has 0 aromatic rings. The molecule has 1 amide bonds. The van der Waals surface area contributed by atoms with Gasteiger partial charge in [-0.2, -0.15) is 0 Å². The van der Waals surface area contributed by atoms with Gasteiger partial charge in [-0.25, -0.2) is 0 Å². The third-order valence-corrected chi connectivity index (χ3v) is 4.39. The van der Waals surface area contributed by atoms with Crippen molar-refractivity contribution in [3.05, 3.63) is 11.8 Å². The molecule has 0 bridgehead atoms. The third kappa shape index (κ3) is 3.57. The highest BCUT2D eigenvalue weighted by molar-refractivity contribution is 5.80. The summed E-state index contributed by atoms with van der Waals surface area (Å²) in [6, 6.07) is 0.236. The van der Waals surface area contributed by atoms with E-state index in [-0.39, 0.29) is 11.9 Å². The third-order valence-electron chi connectivity index (χ3n) is 4.39. The molecule has 4 heteroatoms. The standard InChI is InChI=1S/C15H27N3O/c1-3-18(14-6-4-5-7-14)15(19)11-17-9-8-13(10-17)12(2)16/h6,12-13H,3-5,7-11,16H2,1-2H3. The van der Waals surface area contributed by atoms with Crippen molar-refractivity contribution in [1.82, 2.24) is 9.80 Å². The number of carbonyl (C=O) groups is 1. The molecule has 2 aliphatic rings. The summed E-state index contributed by atoms with van der Waals surface area (Å²) in [5, 5.41) is 0. The molecule has 2 unspecified atom stereocenters. The van der Waals surface area contributed by atoms with Crippen molar-refractivity contribution in [2.75, 3.05) is 26.2 Å². The molecule has 2 rings (SSSR count). The van der Waals surface area contributed by atoms with Crippen LogP contribution in [0.4, 0.5) is 0 Å². The van der Waals surface area contributed by atoms with Crippen molar-refractivity contribution >= 4 is 5.91 Å². The maximum atomic E-state index is 12.4. The van der Waals surface area contributed by atoms with Gasteiger partial charge in [0.05, 0.1) is 6.54 Å². The second-order valence-corrected chi connectivity index (χ2v) is 5.87. The molecule has 108 valence electrons. The summed E-state index contributed by atoms with van der Waals surface area (Å²) < 4.78 is 0. The summed E-state index contributed by atoms with van der Waals surface area (Å²) in [5.74, 6) is 0.801. The first kappa shape index (κ1) is 14.5. The van der Waals surface area contributed by atoms with Crippen LogP contribution in [0.3, 0.4) is 0 Å². The van der Waals surface area contributed by atoms with Crippen molar-refractivity contribution in [2.24, 2.45) is 11.7 Å². The highest BCUT2D eigenvalue weighted by Gasteiger charge is 2.28. The van der Waals surface area contributed by atoms with Gasteiger partial charge < -0.3 is 10.6 Å². The lowest BCUT2D eigenvalue weighted by molar-refractivity contribution is -0.130. The number of carbonyl (C=O) groups excluding carboxylic acids is 1. The zero-order chi connectivity index (χ0) is 13.8. The fourth-order valence-electron chi connectivity index (χ4n) is 3.15.